The third-order valence-corrected chi connectivity index (χ3v) is 1.34. The molecule has 52 valence electrons. The van der Waals surface area contributed by atoms with Crippen molar-refractivity contribution in [2.45, 2.75) is 13.1 Å². The first-order valence-electron chi connectivity index (χ1n) is 2.88. The number of tetrazole rings is 1. The fourth-order valence-corrected chi connectivity index (χ4v) is 0.842. The smallest absolute Gasteiger partial charge is 0.242 e. The monoisotopic (exact) mass is 139 g/mol. The van der Waals surface area contributed by atoms with Crippen molar-refractivity contribution >= 4 is 5.91 Å². The molecule has 1 aromatic heterocycles. The number of rotatable bonds is 0. The van der Waals surface area contributed by atoms with E-state index in [4.69, 9.17) is 0 Å². The number of carbonyl (C=O) groups excluding carboxylic acids is 1. The van der Waals surface area contributed by atoms with Crippen LogP contribution in [0, 0.1) is 0 Å². The van der Waals surface area contributed by atoms with Gasteiger partial charge in [0.1, 0.15) is 6.54 Å². The molecule has 1 aliphatic rings. The quantitative estimate of drug-likeness (QED) is 0.465. The summed E-state index contributed by atoms with van der Waals surface area (Å²) < 4.78 is 1.48. The van der Waals surface area contributed by atoms with Gasteiger partial charge < -0.3 is 5.32 Å². The Labute approximate surface area is 56.2 Å². The molecule has 1 aromatic rings. The lowest BCUT2D eigenvalue weighted by molar-refractivity contribution is -0.122. The second-order valence-electron chi connectivity index (χ2n) is 2.03. The maximum atomic E-state index is 10.7. The molecule has 0 radical (unpaired) electrons. The highest BCUT2D eigenvalue weighted by molar-refractivity contribution is 5.76. The third-order valence-electron chi connectivity index (χ3n) is 1.34. The number of nitrogens with one attached hydrogen (secondary N) is 1. The first-order valence-corrected chi connectivity index (χ1v) is 2.88. The summed E-state index contributed by atoms with van der Waals surface area (Å²) in [6, 6.07) is 0. The predicted octanol–water partition coefficient (Wildman–Crippen LogP) is -1.70. The summed E-state index contributed by atoms with van der Waals surface area (Å²) in [6.45, 7) is 0.675. The van der Waals surface area contributed by atoms with Crippen molar-refractivity contribution in [2.24, 2.45) is 0 Å². The molecule has 1 N–H and O–H groups in total. The highest BCUT2D eigenvalue weighted by Gasteiger charge is 2.15. The molecule has 0 aromatic carbocycles. The molecule has 0 atom stereocenters. The maximum Gasteiger partial charge on any atom is 0.242 e. The minimum absolute atomic E-state index is 0.0419. The van der Waals surface area contributed by atoms with Gasteiger partial charge in [-0.25, -0.2) is 4.68 Å². The van der Waals surface area contributed by atoms with Crippen LogP contribution in [0.2, 0.25) is 0 Å². The summed E-state index contributed by atoms with van der Waals surface area (Å²) in [5, 5.41) is 13.3. The first kappa shape index (κ1) is 5.33. The Hall–Kier alpha value is -1.46. The number of hydrogen-bond acceptors (Lipinski definition) is 4. The zero-order chi connectivity index (χ0) is 6.97. The molecular formula is C4H5N5O. The Morgan fingerprint density at radius 1 is 1.60 bits per heavy atom. The molecule has 0 spiro atoms. The molecule has 0 saturated carbocycles. The van der Waals surface area contributed by atoms with Crippen LogP contribution in [0.5, 0.6) is 0 Å². The lowest BCUT2D eigenvalue weighted by atomic mass is 10.4. The average molecular weight is 139 g/mol. The Kier molecular flexibility index (Phi) is 0.938. The topological polar surface area (TPSA) is 72.7 Å². The number of aromatic nitrogens is 4. The van der Waals surface area contributed by atoms with Crippen LogP contribution in [-0.4, -0.2) is 26.1 Å². The molecule has 0 bridgehead atoms. The molecule has 0 saturated heterocycles. The summed E-state index contributed by atoms with van der Waals surface area (Å²) in [6.07, 6.45) is 0. The fraction of sp³-hybridized carbons (Fsp3) is 0.500. The van der Waals surface area contributed by atoms with Gasteiger partial charge >= 0.3 is 0 Å². The van der Waals surface area contributed by atoms with E-state index in [2.05, 4.69) is 20.8 Å². The van der Waals surface area contributed by atoms with Gasteiger partial charge in [0.15, 0.2) is 5.82 Å². The molecule has 2 rings (SSSR count). The average Bonchev–Trinajstić information content (AvgIpc) is 2.33. The van der Waals surface area contributed by atoms with Gasteiger partial charge in [0.2, 0.25) is 5.91 Å². The van der Waals surface area contributed by atoms with Gasteiger partial charge in [-0.3, -0.25) is 4.79 Å². The zero-order valence-electron chi connectivity index (χ0n) is 5.11. The highest BCUT2D eigenvalue weighted by atomic mass is 16.2. The van der Waals surface area contributed by atoms with E-state index >= 15 is 0 Å². The molecule has 1 aliphatic heterocycles. The van der Waals surface area contributed by atoms with Crippen molar-refractivity contribution in [3.05, 3.63) is 5.82 Å². The van der Waals surface area contributed by atoms with Crippen molar-refractivity contribution in [1.29, 1.82) is 0 Å². The van der Waals surface area contributed by atoms with Gasteiger partial charge in [0.05, 0.1) is 6.54 Å². The molecule has 6 nitrogen and oxygen atoms in total. The van der Waals surface area contributed by atoms with Crippen LogP contribution < -0.4 is 5.32 Å². The van der Waals surface area contributed by atoms with Crippen LogP contribution in [-0.2, 0) is 17.9 Å². The Morgan fingerprint density at radius 3 is 3.40 bits per heavy atom. The second-order valence-corrected chi connectivity index (χ2v) is 2.03. The molecule has 1 amide bonds. The van der Waals surface area contributed by atoms with Gasteiger partial charge in [-0.2, -0.15) is 0 Å². The first-order chi connectivity index (χ1) is 4.86. The predicted molar refractivity (Wildman–Crippen MR) is 29.7 cm³/mol. The maximum absolute atomic E-state index is 10.7. The van der Waals surface area contributed by atoms with Crippen LogP contribution >= 0.6 is 0 Å². The highest BCUT2D eigenvalue weighted by Crippen LogP contribution is 1.96. The number of carbonyl (C=O) groups is 1. The van der Waals surface area contributed by atoms with Crippen molar-refractivity contribution in [1.82, 2.24) is 25.5 Å². The summed E-state index contributed by atoms with van der Waals surface area (Å²) in [4.78, 5) is 10.7. The minimum atomic E-state index is -0.0419. The summed E-state index contributed by atoms with van der Waals surface area (Å²) >= 11 is 0. The summed E-state index contributed by atoms with van der Waals surface area (Å²) in [5.41, 5.74) is 0. The molecule has 10 heavy (non-hydrogen) atoms. The van der Waals surface area contributed by atoms with E-state index < -0.39 is 0 Å². The molecular weight excluding hydrogens is 134 g/mol. The van der Waals surface area contributed by atoms with Crippen molar-refractivity contribution in [3.8, 4) is 0 Å². The van der Waals surface area contributed by atoms with E-state index in [1.807, 2.05) is 0 Å². The fourth-order valence-electron chi connectivity index (χ4n) is 0.842. The number of amides is 1. The molecule has 0 aliphatic carbocycles. The van der Waals surface area contributed by atoms with Crippen LogP contribution in [0.15, 0.2) is 0 Å². The number of nitrogens with zero attached hydrogens (tertiary/aromatic N) is 4. The largest absolute Gasteiger partial charge is 0.347 e. The van der Waals surface area contributed by atoms with Crippen LogP contribution in [0.3, 0.4) is 0 Å². The number of hydrogen-bond donors (Lipinski definition) is 1. The standard InChI is InChI=1S/C4H5N5O/c10-4-2-9-3(1-5-4)6-7-8-9/h1-2H2,(H,5,10). The normalized spacial score (nSPS) is 16.2. The number of fused-ring (bicyclic) bond motifs is 1. The molecule has 6 heteroatoms. The van der Waals surface area contributed by atoms with E-state index in [-0.39, 0.29) is 12.5 Å². The lowest BCUT2D eigenvalue weighted by Gasteiger charge is -2.10. The van der Waals surface area contributed by atoms with E-state index in [1.54, 1.807) is 0 Å². The Morgan fingerprint density at radius 2 is 2.50 bits per heavy atom. The van der Waals surface area contributed by atoms with E-state index in [9.17, 15) is 4.79 Å². The van der Waals surface area contributed by atoms with Gasteiger partial charge in [0.25, 0.3) is 0 Å². The summed E-state index contributed by atoms with van der Waals surface area (Å²) in [7, 11) is 0. The SMILES string of the molecule is O=C1Cn2nnnc2CN1. The van der Waals surface area contributed by atoms with Gasteiger partial charge in [-0.15, -0.1) is 5.10 Å². The van der Waals surface area contributed by atoms with E-state index in [1.165, 1.54) is 4.68 Å². The van der Waals surface area contributed by atoms with Crippen molar-refractivity contribution in [3.63, 3.8) is 0 Å². The Balaban J connectivity index is 2.39. The third kappa shape index (κ3) is 0.652. The zero-order valence-corrected chi connectivity index (χ0v) is 5.11. The second kappa shape index (κ2) is 1.76. The molecule has 0 fully saturated rings. The van der Waals surface area contributed by atoms with E-state index in [0.717, 1.165) is 0 Å². The Bertz CT molecular complexity index is 266. The van der Waals surface area contributed by atoms with E-state index in [0.29, 0.717) is 12.4 Å². The molecule has 2 heterocycles. The van der Waals surface area contributed by atoms with Gasteiger partial charge in [-0.1, -0.05) is 0 Å². The van der Waals surface area contributed by atoms with Crippen LogP contribution in [0.1, 0.15) is 5.82 Å². The molecule has 0 unspecified atom stereocenters. The lowest BCUT2D eigenvalue weighted by Crippen LogP contribution is -2.34. The van der Waals surface area contributed by atoms with Crippen LogP contribution in [0.4, 0.5) is 0 Å². The van der Waals surface area contributed by atoms with Gasteiger partial charge in [0, 0.05) is 0 Å². The van der Waals surface area contributed by atoms with Crippen LogP contribution in [0.25, 0.3) is 0 Å². The summed E-state index contributed by atoms with van der Waals surface area (Å²) in [5.74, 6) is 0.666. The van der Waals surface area contributed by atoms with Crippen molar-refractivity contribution in [2.75, 3.05) is 0 Å². The van der Waals surface area contributed by atoms with Crippen molar-refractivity contribution < 1.29 is 4.79 Å². The van der Waals surface area contributed by atoms with Gasteiger partial charge in [-0.05, 0) is 10.4 Å². The minimum Gasteiger partial charge on any atom is -0.347 e.